The van der Waals surface area contributed by atoms with Gasteiger partial charge < -0.3 is 14.2 Å². The van der Waals surface area contributed by atoms with Gasteiger partial charge in [0.25, 0.3) is 0 Å². The number of fused-ring (bicyclic) bond motifs is 1. The molecule has 1 fully saturated rings. The molecule has 1 aromatic carbocycles. The molecule has 0 unspecified atom stereocenters. The SMILES string of the molecule is CCc1nc([C@H]2CN(Cc3cccc4c3OCCO4)CCO2)n[nH]1. The molecule has 0 aliphatic carbocycles. The highest BCUT2D eigenvalue weighted by Crippen LogP contribution is 2.34. The minimum atomic E-state index is -0.0907. The minimum absolute atomic E-state index is 0.0907. The first-order valence-electron chi connectivity index (χ1n) is 8.46. The van der Waals surface area contributed by atoms with Gasteiger partial charge >= 0.3 is 0 Å². The maximum atomic E-state index is 5.86. The Hall–Kier alpha value is -2.12. The van der Waals surface area contributed by atoms with Gasteiger partial charge in [0, 0.05) is 31.6 Å². The van der Waals surface area contributed by atoms with Crippen LogP contribution in [-0.2, 0) is 17.7 Å². The average molecular weight is 330 g/mol. The van der Waals surface area contributed by atoms with Crippen LogP contribution in [-0.4, -0.2) is 53.0 Å². The van der Waals surface area contributed by atoms with Crippen molar-refractivity contribution in [2.45, 2.75) is 26.0 Å². The third-order valence-corrected chi connectivity index (χ3v) is 4.36. The van der Waals surface area contributed by atoms with E-state index in [0.29, 0.717) is 19.8 Å². The Kier molecular flexibility index (Phi) is 4.36. The van der Waals surface area contributed by atoms with Gasteiger partial charge in [-0.3, -0.25) is 10.00 Å². The lowest BCUT2D eigenvalue weighted by Crippen LogP contribution is -2.38. The molecule has 7 nitrogen and oxygen atoms in total. The number of morpholine rings is 1. The Morgan fingerprint density at radius 3 is 3.04 bits per heavy atom. The Morgan fingerprint density at radius 2 is 2.17 bits per heavy atom. The van der Waals surface area contributed by atoms with Crippen LogP contribution in [0.5, 0.6) is 11.5 Å². The van der Waals surface area contributed by atoms with Gasteiger partial charge in [-0.05, 0) is 6.07 Å². The maximum Gasteiger partial charge on any atom is 0.180 e. The van der Waals surface area contributed by atoms with Crippen LogP contribution in [0.2, 0.25) is 0 Å². The molecule has 1 aromatic heterocycles. The fourth-order valence-electron chi connectivity index (χ4n) is 3.11. The van der Waals surface area contributed by atoms with E-state index < -0.39 is 0 Å². The van der Waals surface area contributed by atoms with E-state index in [-0.39, 0.29) is 6.10 Å². The number of hydrogen-bond acceptors (Lipinski definition) is 6. The van der Waals surface area contributed by atoms with Gasteiger partial charge in [0.1, 0.15) is 25.1 Å². The molecule has 0 amide bonds. The molecule has 1 N–H and O–H groups in total. The number of aromatic amines is 1. The molecule has 1 atom stereocenters. The molecule has 0 spiro atoms. The summed E-state index contributed by atoms with van der Waals surface area (Å²) in [6, 6.07) is 6.07. The molecule has 7 heteroatoms. The lowest BCUT2D eigenvalue weighted by atomic mass is 10.1. The zero-order valence-electron chi connectivity index (χ0n) is 13.8. The molecule has 4 rings (SSSR count). The first-order valence-corrected chi connectivity index (χ1v) is 8.46. The molecule has 0 bridgehead atoms. The van der Waals surface area contributed by atoms with Crippen molar-refractivity contribution in [3.05, 3.63) is 35.4 Å². The number of H-pyrrole nitrogens is 1. The molecular formula is C17H22N4O3. The van der Waals surface area contributed by atoms with Gasteiger partial charge in [0.15, 0.2) is 17.3 Å². The first kappa shape index (κ1) is 15.4. The quantitative estimate of drug-likeness (QED) is 0.920. The van der Waals surface area contributed by atoms with Crippen molar-refractivity contribution in [1.82, 2.24) is 20.1 Å². The molecule has 0 saturated carbocycles. The van der Waals surface area contributed by atoms with Crippen molar-refractivity contribution in [3.63, 3.8) is 0 Å². The summed E-state index contributed by atoms with van der Waals surface area (Å²) in [6.45, 7) is 6.40. The van der Waals surface area contributed by atoms with Gasteiger partial charge in [-0.25, -0.2) is 4.98 Å². The summed E-state index contributed by atoms with van der Waals surface area (Å²) in [7, 11) is 0. The Bertz CT molecular complexity index is 703. The molecule has 24 heavy (non-hydrogen) atoms. The van der Waals surface area contributed by atoms with Crippen LogP contribution in [0.4, 0.5) is 0 Å². The molecule has 128 valence electrons. The smallest absolute Gasteiger partial charge is 0.180 e. The zero-order chi connectivity index (χ0) is 16.4. The van der Waals surface area contributed by atoms with E-state index in [2.05, 4.69) is 33.1 Å². The third kappa shape index (κ3) is 3.09. The van der Waals surface area contributed by atoms with Gasteiger partial charge in [0.2, 0.25) is 0 Å². The van der Waals surface area contributed by atoms with Gasteiger partial charge in [-0.2, -0.15) is 5.10 Å². The van der Waals surface area contributed by atoms with Crippen molar-refractivity contribution >= 4 is 0 Å². The number of nitrogens with one attached hydrogen (secondary N) is 1. The summed E-state index contributed by atoms with van der Waals surface area (Å²) in [5.41, 5.74) is 1.15. The Labute approximate surface area is 140 Å². The van der Waals surface area contributed by atoms with Crippen molar-refractivity contribution in [1.29, 1.82) is 0 Å². The van der Waals surface area contributed by atoms with E-state index >= 15 is 0 Å². The molecule has 1 saturated heterocycles. The Balaban J connectivity index is 1.47. The predicted molar refractivity (Wildman–Crippen MR) is 87.2 cm³/mol. The lowest BCUT2D eigenvalue weighted by molar-refractivity contribution is -0.0373. The first-order chi connectivity index (χ1) is 11.8. The van der Waals surface area contributed by atoms with Gasteiger partial charge in [-0.1, -0.05) is 19.1 Å². The number of para-hydroxylation sites is 1. The number of aromatic nitrogens is 3. The summed E-state index contributed by atoms with van der Waals surface area (Å²) in [5.74, 6) is 3.35. The summed E-state index contributed by atoms with van der Waals surface area (Å²) < 4.78 is 17.3. The van der Waals surface area contributed by atoms with Gasteiger partial charge in [-0.15, -0.1) is 0 Å². The molecule has 2 aromatic rings. The summed E-state index contributed by atoms with van der Waals surface area (Å²) in [5, 5.41) is 7.25. The van der Waals surface area contributed by atoms with Crippen molar-refractivity contribution < 1.29 is 14.2 Å². The number of ether oxygens (including phenoxy) is 3. The molecular weight excluding hydrogens is 308 g/mol. The zero-order valence-corrected chi connectivity index (χ0v) is 13.8. The predicted octanol–water partition coefficient (Wildman–Crippen LogP) is 1.71. The number of aryl methyl sites for hydroxylation is 1. The van der Waals surface area contributed by atoms with E-state index in [1.807, 2.05) is 12.1 Å². The second-order valence-corrected chi connectivity index (χ2v) is 6.03. The van der Waals surface area contributed by atoms with Crippen LogP contribution in [0.3, 0.4) is 0 Å². The second kappa shape index (κ2) is 6.78. The van der Waals surface area contributed by atoms with Crippen LogP contribution >= 0.6 is 0 Å². The molecule has 0 radical (unpaired) electrons. The van der Waals surface area contributed by atoms with E-state index in [9.17, 15) is 0 Å². The van der Waals surface area contributed by atoms with E-state index in [1.165, 1.54) is 0 Å². The van der Waals surface area contributed by atoms with E-state index in [0.717, 1.165) is 54.8 Å². The summed E-state index contributed by atoms with van der Waals surface area (Å²) >= 11 is 0. The summed E-state index contributed by atoms with van der Waals surface area (Å²) in [6.07, 6.45) is 0.753. The molecule has 2 aliphatic heterocycles. The number of benzene rings is 1. The highest BCUT2D eigenvalue weighted by atomic mass is 16.6. The molecule has 3 heterocycles. The Morgan fingerprint density at radius 1 is 1.25 bits per heavy atom. The highest BCUT2D eigenvalue weighted by Gasteiger charge is 2.26. The van der Waals surface area contributed by atoms with Crippen molar-refractivity contribution in [2.75, 3.05) is 32.9 Å². The van der Waals surface area contributed by atoms with Crippen LogP contribution in [0, 0.1) is 0 Å². The van der Waals surface area contributed by atoms with E-state index in [4.69, 9.17) is 14.2 Å². The standard InChI is InChI=1S/C17H22N4O3/c1-2-15-18-17(20-19-15)14-11-21(6-7-22-14)10-12-4-3-5-13-16(12)24-9-8-23-13/h3-5,14H,2,6-11H2,1H3,(H,18,19,20)/t14-/m1/s1. The third-order valence-electron chi connectivity index (χ3n) is 4.36. The van der Waals surface area contributed by atoms with Gasteiger partial charge in [0.05, 0.1) is 6.61 Å². The van der Waals surface area contributed by atoms with Crippen LogP contribution < -0.4 is 9.47 Å². The number of nitrogens with zero attached hydrogens (tertiary/aromatic N) is 3. The monoisotopic (exact) mass is 330 g/mol. The minimum Gasteiger partial charge on any atom is -0.486 e. The average Bonchev–Trinajstić information content (AvgIpc) is 3.12. The fraction of sp³-hybridized carbons (Fsp3) is 0.529. The topological polar surface area (TPSA) is 72.5 Å². The summed E-state index contributed by atoms with van der Waals surface area (Å²) in [4.78, 5) is 6.85. The van der Waals surface area contributed by atoms with Crippen LogP contribution in [0.1, 0.15) is 30.2 Å². The van der Waals surface area contributed by atoms with Crippen molar-refractivity contribution in [2.24, 2.45) is 0 Å². The highest BCUT2D eigenvalue weighted by molar-refractivity contribution is 5.47. The normalized spacial score (nSPS) is 21.0. The number of rotatable bonds is 4. The lowest BCUT2D eigenvalue weighted by Gasteiger charge is -2.32. The number of hydrogen-bond donors (Lipinski definition) is 1. The largest absolute Gasteiger partial charge is 0.486 e. The van der Waals surface area contributed by atoms with Crippen LogP contribution in [0.15, 0.2) is 18.2 Å². The van der Waals surface area contributed by atoms with Crippen LogP contribution in [0.25, 0.3) is 0 Å². The van der Waals surface area contributed by atoms with Crippen molar-refractivity contribution in [3.8, 4) is 11.5 Å². The second-order valence-electron chi connectivity index (χ2n) is 6.03. The van der Waals surface area contributed by atoms with E-state index in [1.54, 1.807) is 0 Å². The molecule has 2 aliphatic rings. The fourth-order valence-corrected chi connectivity index (χ4v) is 3.11. The maximum absolute atomic E-state index is 5.86.